The van der Waals surface area contributed by atoms with E-state index < -0.39 is 12.0 Å². The molecule has 0 saturated carbocycles. The first kappa shape index (κ1) is 21.8. The van der Waals surface area contributed by atoms with Gasteiger partial charge in [-0.15, -0.1) is 0 Å². The molecule has 3 amide bonds. The Morgan fingerprint density at radius 1 is 0.939 bits per heavy atom. The molecule has 5 rings (SSSR count). The van der Waals surface area contributed by atoms with Gasteiger partial charge >= 0.3 is 6.03 Å². The van der Waals surface area contributed by atoms with Gasteiger partial charge in [0.1, 0.15) is 18.3 Å². The second kappa shape index (κ2) is 8.11. The molecule has 33 heavy (non-hydrogen) atoms. The molecule has 0 aromatic heterocycles. The number of hydrogen-bond donors (Lipinski definition) is 2. The van der Waals surface area contributed by atoms with Crippen molar-refractivity contribution >= 4 is 23.3 Å². The van der Waals surface area contributed by atoms with E-state index in [-0.39, 0.29) is 30.3 Å². The number of benzene rings is 2. The van der Waals surface area contributed by atoms with Crippen molar-refractivity contribution in [1.29, 1.82) is 0 Å². The minimum atomic E-state index is -0.706. The largest absolute Gasteiger partial charge is 0.346 e. The zero-order valence-corrected chi connectivity index (χ0v) is 19.1. The number of hydrazine groups is 1. The van der Waals surface area contributed by atoms with Gasteiger partial charge in [-0.05, 0) is 57.2 Å². The lowest BCUT2D eigenvalue weighted by atomic mass is 10.1. The van der Waals surface area contributed by atoms with Crippen LogP contribution in [0.2, 0.25) is 0 Å². The third-order valence-electron chi connectivity index (χ3n) is 6.09. The number of fused-ring (bicyclic) bond motifs is 5. The Morgan fingerprint density at radius 2 is 1.55 bits per heavy atom. The van der Waals surface area contributed by atoms with Crippen LogP contribution in [0.15, 0.2) is 48.5 Å². The van der Waals surface area contributed by atoms with Crippen molar-refractivity contribution in [3.8, 4) is 0 Å². The summed E-state index contributed by atoms with van der Waals surface area (Å²) in [5, 5.41) is 9.11. The van der Waals surface area contributed by atoms with Gasteiger partial charge in [0.25, 0.3) is 5.91 Å². The van der Waals surface area contributed by atoms with Crippen LogP contribution in [0.1, 0.15) is 29.8 Å². The van der Waals surface area contributed by atoms with E-state index in [1.54, 1.807) is 24.3 Å². The molecule has 3 heterocycles. The van der Waals surface area contributed by atoms with Crippen LogP contribution in [0.25, 0.3) is 0 Å². The van der Waals surface area contributed by atoms with Crippen LogP contribution in [-0.2, 0) is 14.2 Å². The predicted molar refractivity (Wildman–Crippen MR) is 122 cm³/mol. The first-order valence-electron chi connectivity index (χ1n) is 11.0. The molecular formula is C24H28N4O5. The van der Waals surface area contributed by atoms with Crippen molar-refractivity contribution in [1.82, 2.24) is 10.0 Å². The van der Waals surface area contributed by atoms with Crippen molar-refractivity contribution in [2.45, 2.75) is 51.1 Å². The highest BCUT2D eigenvalue weighted by atomic mass is 16.8. The molecule has 9 heteroatoms. The number of urea groups is 1. The summed E-state index contributed by atoms with van der Waals surface area (Å²) in [7, 11) is 1.84. The summed E-state index contributed by atoms with van der Waals surface area (Å²) < 4.78 is 18.1. The Labute approximate surface area is 192 Å². The first-order valence-corrected chi connectivity index (χ1v) is 11.0. The molecular weight excluding hydrogens is 424 g/mol. The second-order valence-corrected chi connectivity index (χ2v) is 9.14. The number of nitrogens with zero attached hydrogens (tertiary/aromatic N) is 2. The van der Waals surface area contributed by atoms with Crippen molar-refractivity contribution in [2.24, 2.45) is 0 Å². The van der Waals surface area contributed by atoms with E-state index in [4.69, 9.17) is 14.2 Å². The van der Waals surface area contributed by atoms with E-state index in [1.807, 2.05) is 57.1 Å². The monoisotopic (exact) mass is 452 g/mol. The molecule has 2 aromatic carbocycles. The molecule has 2 aromatic rings. The number of aryl methyl sites for hydroxylation is 1. The average molecular weight is 453 g/mol. The number of carbonyl (C=O) groups is 2. The molecule has 0 spiro atoms. The number of rotatable bonds is 3. The lowest BCUT2D eigenvalue weighted by Crippen LogP contribution is -2.59. The number of hydrogen-bond acceptors (Lipinski definition) is 6. The fraction of sp³-hybridized carbons (Fsp3) is 0.417. The zero-order chi connectivity index (χ0) is 23.3. The van der Waals surface area contributed by atoms with Crippen molar-refractivity contribution in [3.05, 3.63) is 59.7 Å². The number of anilines is 2. The highest BCUT2D eigenvalue weighted by Crippen LogP contribution is 2.42. The number of ether oxygens (including phenoxy) is 3. The van der Waals surface area contributed by atoms with Crippen molar-refractivity contribution in [3.63, 3.8) is 0 Å². The maximum Gasteiger partial charge on any atom is 0.338 e. The van der Waals surface area contributed by atoms with E-state index in [1.165, 1.54) is 5.01 Å². The molecule has 4 atom stereocenters. The van der Waals surface area contributed by atoms with Gasteiger partial charge in [0, 0.05) is 30.5 Å². The Bertz CT molecular complexity index is 1050. The Balaban J connectivity index is 1.24. The molecule has 9 nitrogen and oxygen atoms in total. The predicted octanol–water partition coefficient (Wildman–Crippen LogP) is 3.19. The van der Waals surface area contributed by atoms with Crippen molar-refractivity contribution in [2.75, 3.05) is 24.2 Å². The van der Waals surface area contributed by atoms with Crippen LogP contribution < -0.4 is 10.6 Å². The van der Waals surface area contributed by atoms with Crippen LogP contribution in [0.3, 0.4) is 0 Å². The smallest absolute Gasteiger partial charge is 0.338 e. The maximum absolute atomic E-state index is 13.1. The van der Waals surface area contributed by atoms with Crippen molar-refractivity contribution < 1.29 is 23.8 Å². The third-order valence-corrected chi connectivity index (χ3v) is 6.09. The van der Waals surface area contributed by atoms with Gasteiger partial charge in [-0.25, -0.2) is 14.8 Å². The lowest BCUT2D eigenvalue weighted by molar-refractivity contribution is -0.247. The van der Waals surface area contributed by atoms with E-state index in [2.05, 4.69) is 10.6 Å². The fourth-order valence-corrected chi connectivity index (χ4v) is 4.54. The zero-order valence-electron chi connectivity index (χ0n) is 19.1. The molecule has 2 N–H and O–H groups in total. The van der Waals surface area contributed by atoms with Gasteiger partial charge in [0.05, 0.1) is 0 Å². The quantitative estimate of drug-likeness (QED) is 0.743. The summed E-state index contributed by atoms with van der Waals surface area (Å²) >= 11 is 0. The van der Waals surface area contributed by atoms with Crippen LogP contribution in [0.5, 0.6) is 0 Å². The third kappa shape index (κ3) is 4.20. The molecule has 3 aliphatic heterocycles. The molecule has 0 radical (unpaired) electrons. The molecule has 2 bridgehead atoms. The Kier molecular flexibility index (Phi) is 5.37. The fourth-order valence-electron chi connectivity index (χ4n) is 4.54. The Hall–Kier alpha value is -2.98. The summed E-state index contributed by atoms with van der Waals surface area (Å²) in [5.41, 5.74) is 2.91. The molecule has 0 aliphatic carbocycles. The van der Waals surface area contributed by atoms with Gasteiger partial charge in [-0.1, -0.05) is 17.7 Å². The number of carbonyl (C=O) groups excluding carboxylic acids is 2. The van der Waals surface area contributed by atoms with Gasteiger partial charge in [0.15, 0.2) is 12.0 Å². The molecule has 0 unspecified atom stereocenters. The normalized spacial score (nSPS) is 27.8. The van der Waals surface area contributed by atoms with Gasteiger partial charge in [-0.3, -0.25) is 4.79 Å². The van der Waals surface area contributed by atoms with E-state index in [9.17, 15) is 9.59 Å². The minimum absolute atomic E-state index is 0.151. The SMILES string of the molecule is Cc1ccc(NC(=O)c2ccc(NC(=O)N3[C@@H]4O[C@H](CN3C)[C@H]3OC(C)(C)O[C@H]34)cc2)cc1. The number of likely N-dealkylation sites (N-methyl/N-ethyl adjacent to an activating group) is 1. The maximum atomic E-state index is 13.1. The molecule has 174 valence electrons. The van der Waals surface area contributed by atoms with Gasteiger partial charge in [0.2, 0.25) is 0 Å². The van der Waals surface area contributed by atoms with Crippen LogP contribution in [-0.4, -0.2) is 65.9 Å². The second-order valence-electron chi connectivity index (χ2n) is 9.14. The molecule has 3 saturated heterocycles. The van der Waals surface area contributed by atoms with Crippen LogP contribution in [0, 0.1) is 6.92 Å². The summed E-state index contributed by atoms with van der Waals surface area (Å²) in [4.78, 5) is 25.6. The number of nitrogens with one attached hydrogen (secondary N) is 2. The standard InChI is InChI=1S/C24H28N4O5/c1-14-5-9-16(10-6-14)25-21(29)15-7-11-17(12-8-15)26-23(30)28-22-20-19(32-24(2,3)33-20)18(31-22)13-27(28)4/h5-12,18-20,22H,13H2,1-4H3,(H,25,29)(H,26,30)/t18-,19-,20-,22-/m1/s1. The summed E-state index contributed by atoms with van der Waals surface area (Å²) in [6.07, 6.45) is -1.28. The van der Waals surface area contributed by atoms with E-state index >= 15 is 0 Å². The lowest BCUT2D eigenvalue weighted by Gasteiger charge is -2.42. The summed E-state index contributed by atoms with van der Waals surface area (Å²) in [6.45, 7) is 6.24. The first-order chi connectivity index (χ1) is 15.7. The van der Waals surface area contributed by atoms with Crippen LogP contribution in [0.4, 0.5) is 16.2 Å². The van der Waals surface area contributed by atoms with Gasteiger partial charge in [-0.2, -0.15) is 0 Å². The highest BCUT2D eigenvalue weighted by Gasteiger charge is 2.61. The molecule has 3 aliphatic rings. The summed E-state index contributed by atoms with van der Waals surface area (Å²) in [5.74, 6) is -0.923. The molecule has 3 fully saturated rings. The van der Waals surface area contributed by atoms with Crippen LogP contribution >= 0.6 is 0 Å². The summed E-state index contributed by atoms with van der Waals surface area (Å²) in [6, 6.07) is 14.0. The van der Waals surface area contributed by atoms with E-state index in [0.29, 0.717) is 17.8 Å². The average Bonchev–Trinajstić information content (AvgIpc) is 3.22. The topological polar surface area (TPSA) is 92.4 Å². The Morgan fingerprint density at radius 3 is 2.24 bits per heavy atom. The van der Waals surface area contributed by atoms with Gasteiger partial charge < -0.3 is 24.8 Å². The number of amides is 3. The minimum Gasteiger partial charge on any atom is -0.346 e. The highest BCUT2D eigenvalue weighted by molar-refractivity contribution is 6.04. The van der Waals surface area contributed by atoms with E-state index in [0.717, 1.165) is 11.3 Å².